The van der Waals surface area contributed by atoms with Gasteiger partial charge in [0, 0.05) is 0 Å². The van der Waals surface area contributed by atoms with Crippen LogP contribution in [0.15, 0.2) is 212 Å². The first kappa shape index (κ1) is 52.5. The van der Waals surface area contributed by atoms with Crippen molar-refractivity contribution in [3.05, 3.63) is 251 Å². The molecule has 0 spiro atoms. The van der Waals surface area contributed by atoms with Crippen LogP contribution in [-0.4, -0.2) is 97.6 Å². The van der Waals surface area contributed by atoms with E-state index < -0.39 is 79.3 Å². The summed E-state index contributed by atoms with van der Waals surface area (Å²) < 4.78 is 65.7. The molecule has 2 heterocycles. The van der Waals surface area contributed by atoms with Crippen LogP contribution in [0, 0.1) is 0 Å². The van der Waals surface area contributed by atoms with Gasteiger partial charge in [-0.15, -0.1) is 0 Å². The first-order chi connectivity index (χ1) is 36.9. The summed E-state index contributed by atoms with van der Waals surface area (Å²) in [6.07, 6.45) is -13.9. The van der Waals surface area contributed by atoms with E-state index in [1.807, 2.05) is 121 Å². The van der Waals surface area contributed by atoms with Gasteiger partial charge in [0.25, 0.3) is 0 Å². The third kappa shape index (κ3) is 14.5. The lowest BCUT2D eigenvalue weighted by atomic mass is 9.95. The zero-order valence-electron chi connectivity index (χ0n) is 41.0. The first-order valence-electron chi connectivity index (χ1n) is 24.8. The van der Waals surface area contributed by atoms with Crippen molar-refractivity contribution >= 4 is 17.9 Å². The van der Waals surface area contributed by atoms with Gasteiger partial charge in [0.1, 0.15) is 30.5 Å². The molecule has 0 saturated carbocycles. The fourth-order valence-electron chi connectivity index (χ4n) is 8.81. The third-order valence-corrected chi connectivity index (χ3v) is 12.6. The lowest BCUT2D eigenvalue weighted by molar-refractivity contribution is -0.363. The van der Waals surface area contributed by atoms with E-state index >= 15 is 0 Å². The van der Waals surface area contributed by atoms with Gasteiger partial charge < -0.3 is 52.5 Å². The van der Waals surface area contributed by atoms with E-state index in [-0.39, 0.29) is 56.3 Å². The molecule has 14 nitrogen and oxygen atoms in total. The Bertz CT molecular complexity index is 2810. The summed E-state index contributed by atoms with van der Waals surface area (Å²) in [5, 5.41) is 11.9. The van der Waals surface area contributed by atoms with Crippen LogP contribution in [0.25, 0.3) is 0 Å². The van der Waals surface area contributed by atoms with Gasteiger partial charge in [-0.05, 0) is 58.7 Å². The van der Waals surface area contributed by atoms with E-state index in [1.165, 1.54) is 0 Å². The van der Waals surface area contributed by atoms with Gasteiger partial charge in [0.2, 0.25) is 0 Å². The number of rotatable bonds is 22. The van der Waals surface area contributed by atoms with Crippen molar-refractivity contribution in [3.8, 4) is 0 Å². The van der Waals surface area contributed by atoms with Gasteiger partial charge in [-0.1, -0.05) is 176 Å². The number of carbonyl (C=O) groups excluding carboxylic acids is 3. The molecule has 2 aliphatic heterocycles. The van der Waals surface area contributed by atoms with Crippen LogP contribution < -0.4 is 0 Å². The number of ether oxygens (including phenoxy) is 10. The molecule has 14 heteroatoms. The van der Waals surface area contributed by atoms with Crippen molar-refractivity contribution in [1.29, 1.82) is 0 Å². The molecule has 1 N–H and O–H groups in total. The fraction of sp³-hybridized carbons (Fsp3) is 0.262. The minimum Gasteiger partial charge on any atom is -0.453 e. The van der Waals surface area contributed by atoms with Gasteiger partial charge in [-0.2, -0.15) is 0 Å². The minimum atomic E-state index is -1.86. The number of benzene rings is 7. The molecule has 0 unspecified atom stereocenters. The van der Waals surface area contributed by atoms with E-state index in [0.29, 0.717) is 0 Å². The predicted molar refractivity (Wildman–Crippen MR) is 274 cm³/mol. The molecule has 0 aromatic heterocycles. The molecule has 2 saturated heterocycles. The van der Waals surface area contributed by atoms with Crippen LogP contribution in [0.3, 0.4) is 0 Å². The van der Waals surface area contributed by atoms with E-state index in [1.54, 1.807) is 91.0 Å². The number of carbonyl (C=O) groups is 3. The zero-order chi connectivity index (χ0) is 51.6. The normalized spacial score (nSPS) is 23.4. The molecule has 386 valence electrons. The van der Waals surface area contributed by atoms with Crippen molar-refractivity contribution in [1.82, 2.24) is 0 Å². The summed E-state index contributed by atoms with van der Waals surface area (Å²) >= 11 is 0. The highest BCUT2D eigenvalue weighted by Gasteiger charge is 2.56. The average Bonchev–Trinajstić information content (AvgIpc) is 3.46. The van der Waals surface area contributed by atoms with Crippen molar-refractivity contribution in [2.24, 2.45) is 0 Å². The van der Waals surface area contributed by atoms with Crippen LogP contribution in [0.5, 0.6) is 0 Å². The van der Waals surface area contributed by atoms with Crippen LogP contribution in [0.4, 0.5) is 0 Å². The van der Waals surface area contributed by atoms with Crippen LogP contribution >= 0.6 is 0 Å². The molecule has 2 fully saturated rings. The summed E-state index contributed by atoms with van der Waals surface area (Å²) in [4.78, 5) is 42.7. The largest absolute Gasteiger partial charge is 0.453 e. The fourth-order valence-corrected chi connectivity index (χ4v) is 8.81. The zero-order valence-corrected chi connectivity index (χ0v) is 41.0. The van der Waals surface area contributed by atoms with Crippen molar-refractivity contribution in [2.45, 2.75) is 87.8 Å². The molecule has 2 aliphatic rings. The summed E-state index contributed by atoms with van der Waals surface area (Å²) in [6.45, 7) is 0.0826. The topological polar surface area (TPSA) is 164 Å². The van der Waals surface area contributed by atoms with Crippen LogP contribution in [-0.2, 0) is 73.8 Å². The molecular formula is C61H58O14. The molecule has 0 amide bonds. The molecule has 0 bridgehead atoms. The van der Waals surface area contributed by atoms with Crippen molar-refractivity contribution in [2.75, 3.05) is 13.2 Å². The van der Waals surface area contributed by atoms with Crippen molar-refractivity contribution < 1.29 is 66.9 Å². The SMILES string of the molecule is O=C(O[C@@H]1[C@H](OCc2ccccc2)[C@@H](O[C@H]2[C@H](OC(=O)c3ccccc3)[C@@H](OC(=O)c3ccccc3)[C@@H](O)O[C@@H]2COCc2ccccc2)O[C@H](COCc2ccccc2)[C@H]1OCc1ccccc1)c1ccccc1. The summed E-state index contributed by atoms with van der Waals surface area (Å²) in [7, 11) is 0. The Balaban J connectivity index is 1.14. The van der Waals surface area contributed by atoms with Crippen LogP contribution in [0.2, 0.25) is 0 Å². The summed E-state index contributed by atoms with van der Waals surface area (Å²) in [5.41, 5.74) is 3.96. The molecular weight excluding hydrogens is 957 g/mol. The van der Waals surface area contributed by atoms with E-state index in [0.717, 1.165) is 22.3 Å². The first-order valence-corrected chi connectivity index (χ1v) is 24.8. The summed E-state index contributed by atoms with van der Waals surface area (Å²) in [5.74, 6) is -2.32. The van der Waals surface area contributed by atoms with Crippen molar-refractivity contribution in [3.63, 3.8) is 0 Å². The number of aliphatic hydroxyl groups excluding tert-OH is 1. The standard InChI is InChI=1S/C61H58O14/c62-57(46-30-16-5-17-31-46)72-53-51(68-38-44-26-12-3-13-27-44)49(40-66-36-42-22-8-1-9-23-42)71-61(56(53)69-39-45-28-14-4-15-29-45)75-52-50(41-67-37-43-24-10-2-11-25-43)70-60(65)55(74-59(64)48-34-20-7-21-35-48)54(52)73-58(63)47-32-18-6-19-33-47/h1-35,49-56,60-61,65H,36-41H2/t49-,50-,51-,52-,53+,54+,55-,56+,60+,61-/m1/s1. The van der Waals surface area contributed by atoms with E-state index in [2.05, 4.69) is 0 Å². The lowest BCUT2D eigenvalue weighted by Gasteiger charge is -2.49. The smallest absolute Gasteiger partial charge is 0.338 e. The highest BCUT2D eigenvalue weighted by Crippen LogP contribution is 2.36. The summed E-state index contributed by atoms with van der Waals surface area (Å²) in [6, 6.07) is 62.9. The number of hydrogen-bond acceptors (Lipinski definition) is 14. The lowest BCUT2D eigenvalue weighted by Crippen LogP contribution is -2.66. The second kappa shape index (κ2) is 26.7. The third-order valence-electron chi connectivity index (χ3n) is 12.6. The molecule has 7 aromatic carbocycles. The Morgan fingerprint density at radius 3 is 1.08 bits per heavy atom. The maximum absolute atomic E-state index is 14.4. The molecule has 9 rings (SSSR count). The maximum atomic E-state index is 14.4. The number of hydrogen-bond donors (Lipinski definition) is 1. The number of esters is 3. The van der Waals surface area contributed by atoms with E-state index in [9.17, 15) is 19.5 Å². The highest BCUT2D eigenvalue weighted by atomic mass is 16.8. The Kier molecular flexibility index (Phi) is 18.7. The van der Waals surface area contributed by atoms with Gasteiger partial charge in [-0.3, -0.25) is 0 Å². The van der Waals surface area contributed by atoms with E-state index in [4.69, 9.17) is 47.4 Å². The Morgan fingerprint density at radius 1 is 0.360 bits per heavy atom. The maximum Gasteiger partial charge on any atom is 0.338 e. The molecule has 10 atom stereocenters. The monoisotopic (exact) mass is 1010 g/mol. The van der Waals surface area contributed by atoms with Gasteiger partial charge >= 0.3 is 17.9 Å². The van der Waals surface area contributed by atoms with Crippen LogP contribution in [0.1, 0.15) is 53.3 Å². The molecule has 0 radical (unpaired) electrons. The van der Waals surface area contributed by atoms with Gasteiger partial charge in [0.15, 0.2) is 30.9 Å². The predicted octanol–water partition coefficient (Wildman–Crippen LogP) is 9.09. The molecule has 75 heavy (non-hydrogen) atoms. The second-order valence-electron chi connectivity index (χ2n) is 17.9. The Hall–Kier alpha value is -7.37. The number of aliphatic hydroxyl groups is 1. The Labute approximate surface area is 435 Å². The van der Waals surface area contributed by atoms with Gasteiger partial charge in [0.05, 0.1) is 56.3 Å². The second-order valence-corrected chi connectivity index (χ2v) is 17.9. The average molecular weight is 1020 g/mol. The Morgan fingerprint density at radius 2 is 0.680 bits per heavy atom. The quantitative estimate of drug-likeness (QED) is 0.0505. The van der Waals surface area contributed by atoms with Gasteiger partial charge in [-0.25, -0.2) is 14.4 Å². The minimum absolute atomic E-state index is 0.0120. The molecule has 0 aliphatic carbocycles. The highest BCUT2D eigenvalue weighted by molar-refractivity contribution is 5.90. The molecule has 7 aromatic rings.